The molecule has 15 heavy (non-hydrogen) atoms. The predicted octanol–water partition coefficient (Wildman–Crippen LogP) is 1.74. The smallest absolute Gasteiger partial charge is 0.260 e. The number of H-pyrrole nitrogens is 1. The van der Waals surface area contributed by atoms with Gasteiger partial charge >= 0.3 is 0 Å². The number of aromatic amines is 1. The van der Waals surface area contributed by atoms with E-state index >= 15 is 0 Å². The summed E-state index contributed by atoms with van der Waals surface area (Å²) >= 11 is 1.41. The van der Waals surface area contributed by atoms with E-state index in [4.69, 9.17) is 0 Å². The number of nitrogens with one attached hydrogen (secondary N) is 2. The summed E-state index contributed by atoms with van der Waals surface area (Å²) in [5, 5.41) is 11.7. The molecule has 1 amide bonds. The molecule has 2 N–H and O–H groups in total. The second-order valence-corrected chi connectivity index (χ2v) is 4.01. The maximum atomic E-state index is 11.7. The number of hydrogen-bond acceptors (Lipinski definition) is 4. The number of aryl methyl sites for hydroxylation is 2. The van der Waals surface area contributed by atoms with Crippen molar-refractivity contribution in [2.45, 2.75) is 13.8 Å². The number of amides is 1. The van der Waals surface area contributed by atoms with Gasteiger partial charge < -0.3 is 0 Å². The molecule has 0 spiro atoms. The molecule has 0 fully saturated rings. The molecule has 5 nitrogen and oxygen atoms in total. The fourth-order valence-corrected chi connectivity index (χ4v) is 1.84. The van der Waals surface area contributed by atoms with Gasteiger partial charge in [-0.3, -0.25) is 15.2 Å². The third kappa shape index (κ3) is 2.04. The Morgan fingerprint density at radius 2 is 2.33 bits per heavy atom. The molecular formula is C9H10N4OS. The van der Waals surface area contributed by atoms with Gasteiger partial charge in [-0.05, 0) is 13.8 Å². The zero-order valence-electron chi connectivity index (χ0n) is 8.37. The molecule has 0 unspecified atom stereocenters. The van der Waals surface area contributed by atoms with Gasteiger partial charge in [-0.1, -0.05) is 0 Å². The Labute approximate surface area is 90.6 Å². The molecule has 6 heteroatoms. The van der Waals surface area contributed by atoms with Crippen LogP contribution in [0.25, 0.3) is 0 Å². The van der Waals surface area contributed by atoms with Crippen LogP contribution in [0, 0.1) is 13.8 Å². The van der Waals surface area contributed by atoms with Crippen molar-refractivity contribution >= 4 is 22.4 Å². The molecule has 0 aromatic carbocycles. The number of thiazole rings is 1. The summed E-state index contributed by atoms with van der Waals surface area (Å²) in [6, 6.07) is 0. The minimum absolute atomic E-state index is 0.185. The Bertz CT molecular complexity index is 488. The predicted molar refractivity (Wildman–Crippen MR) is 58.1 cm³/mol. The monoisotopic (exact) mass is 222 g/mol. The summed E-state index contributed by atoms with van der Waals surface area (Å²) in [5.74, 6) is -0.185. The van der Waals surface area contributed by atoms with Crippen LogP contribution in [0.5, 0.6) is 0 Å². The highest BCUT2D eigenvalue weighted by atomic mass is 32.1. The molecule has 2 aromatic rings. The van der Waals surface area contributed by atoms with Crippen LogP contribution in [0.2, 0.25) is 0 Å². The average Bonchev–Trinajstić information content (AvgIpc) is 2.75. The Morgan fingerprint density at radius 1 is 1.53 bits per heavy atom. The lowest BCUT2D eigenvalue weighted by atomic mass is 10.2. The zero-order valence-corrected chi connectivity index (χ0v) is 9.18. The number of carbonyl (C=O) groups is 1. The second kappa shape index (κ2) is 3.82. The Kier molecular flexibility index (Phi) is 2.51. The van der Waals surface area contributed by atoms with Crippen molar-refractivity contribution in [3.8, 4) is 0 Å². The summed E-state index contributed by atoms with van der Waals surface area (Å²) in [6.07, 6.45) is 1.51. The third-order valence-electron chi connectivity index (χ3n) is 1.91. The van der Waals surface area contributed by atoms with Crippen LogP contribution >= 0.6 is 11.3 Å². The van der Waals surface area contributed by atoms with E-state index in [1.807, 2.05) is 12.3 Å². The molecule has 0 radical (unpaired) electrons. The Balaban J connectivity index is 2.14. The van der Waals surface area contributed by atoms with Crippen molar-refractivity contribution < 1.29 is 4.79 Å². The minimum atomic E-state index is -0.185. The van der Waals surface area contributed by atoms with Gasteiger partial charge in [0.1, 0.15) is 0 Å². The summed E-state index contributed by atoms with van der Waals surface area (Å²) in [7, 11) is 0. The summed E-state index contributed by atoms with van der Waals surface area (Å²) in [6.45, 7) is 3.68. The minimum Gasteiger partial charge on any atom is -0.298 e. The fourth-order valence-electron chi connectivity index (χ4n) is 1.16. The topological polar surface area (TPSA) is 70.7 Å². The van der Waals surface area contributed by atoms with Crippen molar-refractivity contribution in [1.29, 1.82) is 0 Å². The van der Waals surface area contributed by atoms with Gasteiger partial charge in [0, 0.05) is 11.1 Å². The normalized spacial score (nSPS) is 10.3. The molecule has 0 aliphatic carbocycles. The quantitative estimate of drug-likeness (QED) is 0.813. The molecule has 0 saturated heterocycles. The van der Waals surface area contributed by atoms with E-state index in [1.165, 1.54) is 17.5 Å². The van der Waals surface area contributed by atoms with Crippen LogP contribution in [0.4, 0.5) is 5.13 Å². The highest BCUT2D eigenvalue weighted by Crippen LogP contribution is 2.15. The zero-order chi connectivity index (χ0) is 10.8. The van der Waals surface area contributed by atoms with E-state index in [9.17, 15) is 4.79 Å². The van der Waals surface area contributed by atoms with Crippen LogP contribution in [-0.2, 0) is 0 Å². The lowest BCUT2D eigenvalue weighted by Crippen LogP contribution is -2.12. The second-order valence-electron chi connectivity index (χ2n) is 3.16. The maximum Gasteiger partial charge on any atom is 0.260 e. The molecule has 2 aromatic heterocycles. The van der Waals surface area contributed by atoms with Gasteiger partial charge in [-0.2, -0.15) is 5.10 Å². The first-order valence-corrected chi connectivity index (χ1v) is 5.28. The number of hydrogen-bond donors (Lipinski definition) is 2. The number of nitrogens with zero attached hydrogens (tertiary/aromatic N) is 2. The van der Waals surface area contributed by atoms with E-state index in [-0.39, 0.29) is 5.91 Å². The third-order valence-corrected chi connectivity index (χ3v) is 2.79. The highest BCUT2D eigenvalue weighted by Gasteiger charge is 2.12. The van der Waals surface area contributed by atoms with E-state index < -0.39 is 0 Å². The van der Waals surface area contributed by atoms with Gasteiger partial charge in [0.05, 0.1) is 17.5 Å². The standard InChI is InChI=1S/C9H10N4OS/c1-5-4-15-9(11-5)12-8(14)7-3-10-13-6(7)2/h3-4H,1-2H3,(H,10,13)(H,11,12,14). The SMILES string of the molecule is Cc1csc(NC(=O)c2cn[nH]c2C)n1. The molecule has 0 aliphatic heterocycles. The van der Waals surface area contributed by atoms with Crippen molar-refractivity contribution in [2.24, 2.45) is 0 Å². The van der Waals surface area contributed by atoms with Crippen molar-refractivity contribution in [2.75, 3.05) is 5.32 Å². The van der Waals surface area contributed by atoms with E-state index in [0.29, 0.717) is 10.7 Å². The lowest BCUT2D eigenvalue weighted by molar-refractivity contribution is 0.102. The lowest BCUT2D eigenvalue weighted by Gasteiger charge is -1.98. The molecule has 0 saturated carbocycles. The van der Waals surface area contributed by atoms with Crippen LogP contribution in [-0.4, -0.2) is 21.1 Å². The first kappa shape index (κ1) is 9.85. The number of rotatable bonds is 2. The fraction of sp³-hybridized carbons (Fsp3) is 0.222. The summed E-state index contributed by atoms with van der Waals surface area (Å²) in [5.41, 5.74) is 2.20. The van der Waals surface area contributed by atoms with Crippen LogP contribution in [0.1, 0.15) is 21.7 Å². The first-order chi connectivity index (χ1) is 7.16. The molecular weight excluding hydrogens is 212 g/mol. The molecule has 2 rings (SSSR count). The van der Waals surface area contributed by atoms with E-state index in [1.54, 1.807) is 6.92 Å². The molecule has 0 aliphatic rings. The number of aromatic nitrogens is 3. The number of anilines is 1. The molecule has 0 bridgehead atoms. The van der Waals surface area contributed by atoms with Gasteiger partial charge in [0.15, 0.2) is 5.13 Å². The van der Waals surface area contributed by atoms with E-state index in [2.05, 4.69) is 20.5 Å². The average molecular weight is 222 g/mol. The Morgan fingerprint density at radius 3 is 2.87 bits per heavy atom. The van der Waals surface area contributed by atoms with Gasteiger partial charge in [-0.15, -0.1) is 11.3 Å². The van der Waals surface area contributed by atoms with Crippen LogP contribution in [0.15, 0.2) is 11.6 Å². The van der Waals surface area contributed by atoms with Gasteiger partial charge in [0.25, 0.3) is 5.91 Å². The van der Waals surface area contributed by atoms with Gasteiger partial charge in [0.2, 0.25) is 0 Å². The highest BCUT2D eigenvalue weighted by molar-refractivity contribution is 7.13. The number of carbonyl (C=O) groups excluding carboxylic acids is 1. The van der Waals surface area contributed by atoms with Crippen molar-refractivity contribution in [1.82, 2.24) is 15.2 Å². The summed E-state index contributed by atoms with van der Waals surface area (Å²) < 4.78 is 0. The first-order valence-electron chi connectivity index (χ1n) is 4.40. The van der Waals surface area contributed by atoms with Crippen molar-refractivity contribution in [3.05, 3.63) is 28.5 Å². The van der Waals surface area contributed by atoms with Crippen LogP contribution < -0.4 is 5.32 Å². The molecule has 2 heterocycles. The molecule has 78 valence electrons. The van der Waals surface area contributed by atoms with E-state index in [0.717, 1.165) is 11.4 Å². The van der Waals surface area contributed by atoms with Crippen LogP contribution in [0.3, 0.4) is 0 Å². The maximum absolute atomic E-state index is 11.7. The molecule has 0 atom stereocenters. The summed E-state index contributed by atoms with van der Waals surface area (Å²) in [4.78, 5) is 15.8. The Hall–Kier alpha value is -1.69. The van der Waals surface area contributed by atoms with Gasteiger partial charge in [-0.25, -0.2) is 4.98 Å². The largest absolute Gasteiger partial charge is 0.298 e. The van der Waals surface area contributed by atoms with Crippen molar-refractivity contribution in [3.63, 3.8) is 0 Å².